The van der Waals surface area contributed by atoms with Crippen molar-refractivity contribution in [2.45, 2.75) is 71.0 Å². The topological polar surface area (TPSA) is 39.7 Å². The van der Waals surface area contributed by atoms with E-state index in [1.165, 1.54) is 0 Å². The van der Waals surface area contributed by atoms with Gasteiger partial charge in [-0.2, -0.15) is 0 Å². The highest BCUT2D eigenvalue weighted by Gasteiger charge is 2.50. The van der Waals surface area contributed by atoms with Gasteiger partial charge in [-0.3, -0.25) is 0 Å². The Balaban J connectivity index is 2.90. The third-order valence-electron chi connectivity index (χ3n) is 3.97. The maximum absolute atomic E-state index is 6.20. The van der Waals surface area contributed by atoms with Crippen LogP contribution in [0.1, 0.15) is 47.5 Å². The van der Waals surface area contributed by atoms with E-state index in [-0.39, 0.29) is 23.5 Å². The molecule has 1 rings (SSSR count). The fraction of sp³-hybridized carbons (Fsp3) is 1.00. The van der Waals surface area contributed by atoms with Crippen molar-refractivity contribution in [1.82, 2.24) is 5.32 Å². The molecule has 0 aromatic rings. The van der Waals surface area contributed by atoms with E-state index in [1.54, 1.807) is 14.2 Å². The minimum Gasteiger partial charge on any atom is -0.369 e. The molecular formula is C15H31NO3. The largest absolute Gasteiger partial charge is 0.369 e. The summed E-state index contributed by atoms with van der Waals surface area (Å²) in [5, 5.41) is 3.58. The maximum atomic E-state index is 6.20. The number of hydrogen-bond acceptors (Lipinski definition) is 4. The Bertz CT molecular complexity index is 275. The van der Waals surface area contributed by atoms with Gasteiger partial charge in [0.25, 0.3) is 0 Å². The summed E-state index contributed by atoms with van der Waals surface area (Å²) in [6, 6.07) is 0.145. The second-order valence-electron chi connectivity index (χ2n) is 6.60. The number of ether oxygens (including phenoxy) is 3. The lowest BCUT2D eigenvalue weighted by Gasteiger charge is -2.36. The fourth-order valence-corrected chi connectivity index (χ4v) is 3.29. The molecule has 4 heteroatoms. The molecule has 0 aliphatic carbocycles. The molecule has 0 aromatic carbocycles. The van der Waals surface area contributed by atoms with Crippen LogP contribution in [0, 0.1) is 5.92 Å². The lowest BCUT2D eigenvalue weighted by molar-refractivity contribution is -0.147. The summed E-state index contributed by atoms with van der Waals surface area (Å²) >= 11 is 0. The lowest BCUT2D eigenvalue weighted by Crippen LogP contribution is -2.52. The van der Waals surface area contributed by atoms with E-state index in [0.717, 1.165) is 19.4 Å². The molecule has 4 nitrogen and oxygen atoms in total. The standard InChI is InChI=1S/C15H31NO3/c1-8-9-16-12(13(17-6)18-7)11-10-14(2,3)19-15(11,4)5/h11-13,16H,8-10H2,1-7H3. The molecule has 1 aliphatic heterocycles. The smallest absolute Gasteiger partial charge is 0.172 e. The molecule has 0 radical (unpaired) electrons. The minimum absolute atomic E-state index is 0.0909. The Morgan fingerprint density at radius 1 is 1.21 bits per heavy atom. The second-order valence-corrected chi connectivity index (χ2v) is 6.60. The molecule has 1 N–H and O–H groups in total. The van der Waals surface area contributed by atoms with Crippen LogP contribution in [-0.4, -0.2) is 44.3 Å². The van der Waals surface area contributed by atoms with Crippen LogP contribution in [0.5, 0.6) is 0 Å². The van der Waals surface area contributed by atoms with E-state index >= 15 is 0 Å². The van der Waals surface area contributed by atoms with Gasteiger partial charge in [0.2, 0.25) is 0 Å². The first kappa shape index (κ1) is 16.9. The van der Waals surface area contributed by atoms with Crippen molar-refractivity contribution in [2.24, 2.45) is 5.92 Å². The van der Waals surface area contributed by atoms with Gasteiger partial charge in [0.05, 0.1) is 17.2 Å². The number of methoxy groups -OCH3 is 2. The summed E-state index contributed by atoms with van der Waals surface area (Å²) in [4.78, 5) is 0. The average Bonchev–Trinajstić information content (AvgIpc) is 2.52. The highest BCUT2D eigenvalue weighted by Crippen LogP contribution is 2.44. The normalized spacial score (nSPS) is 26.8. The molecule has 1 aliphatic rings. The quantitative estimate of drug-likeness (QED) is 0.724. The molecule has 0 amide bonds. The van der Waals surface area contributed by atoms with Crippen molar-refractivity contribution in [2.75, 3.05) is 20.8 Å². The molecule has 1 saturated heterocycles. The molecule has 2 unspecified atom stereocenters. The van der Waals surface area contributed by atoms with Gasteiger partial charge in [-0.05, 0) is 47.1 Å². The monoisotopic (exact) mass is 273 g/mol. The van der Waals surface area contributed by atoms with Gasteiger partial charge < -0.3 is 19.5 Å². The summed E-state index contributed by atoms with van der Waals surface area (Å²) in [6.07, 6.45) is 1.85. The van der Waals surface area contributed by atoms with Crippen molar-refractivity contribution in [3.8, 4) is 0 Å². The van der Waals surface area contributed by atoms with Crippen molar-refractivity contribution >= 4 is 0 Å². The lowest BCUT2D eigenvalue weighted by atomic mass is 9.81. The zero-order valence-corrected chi connectivity index (χ0v) is 13.6. The third kappa shape index (κ3) is 4.15. The third-order valence-corrected chi connectivity index (χ3v) is 3.97. The van der Waals surface area contributed by atoms with Crippen molar-refractivity contribution in [3.63, 3.8) is 0 Å². The zero-order chi connectivity index (χ0) is 14.7. The molecule has 2 atom stereocenters. The van der Waals surface area contributed by atoms with Gasteiger partial charge in [0, 0.05) is 20.1 Å². The van der Waals surface area contributed by atoms with Crippen LogP contribution in [0.15, 0.2) is 0 Å². The first-order valence-corrected chi connectivity index (χ1v) is 7.26. The molecule has 0 saturated carbocycles. The van der Waals surface area contributed by atoms with E-state index in [0.29, 0.717) is 5.92 Å². The van der Waals surface area contributed by atoms with Crippen LogP contribution >= 0.6 is 0 Å². The van der Waals surface area contributed by atoms with Gasteiger partial charge in [-0.15, -0.1) is 0 Å². The predicted octanol–water partition coefficient (Wildman–Crippen LogP) is 2.57. The second kappa shape index (κ2) is 6.53. The molecule has 1 heterocycles. The highest BCUT2D eigenvalue weighted by molar-refractivity contribution is 5.00. The first-order valence-electron chi connectivity index (χ1n) is 7.26. The molecular weight excluding hydrogens is 242 g/mol. The van der Waals surface area contributed by atoms with Crippen LogP contribution < -0.4 is 5.32 Å². The summed E-state index contributed by atoms with van der Waals surface area (Å²) in [7, 11) is 3.39. The van der Waals surface area contributed by atoms with E-state index in [2.05, 4.69) is 39.9 Å². The zero-order valence-electron chi connectivity index (χ0n) is 13.6. The Hall–Kier alpha value is -0.160. The van der Waals surface area contributed by atoms with Gasteiger partial charge >= 0.3 is 0 Å². The summed E-state index contributed by atoms with van der Waals surface area (Å²) in [6.45, 7) is 11.8. The summed E-state index contributed by atoms with van der Waals surface area (Å²) in [5.74, 6) is 0.360. The molecule has 19 heavy (non-hydrogen) atoms. The fourth-order valence-electron chi connectivity index (χ4n) is 3.29. The Morgan fingerprint density at radius 3 is 2.16 bits per heavy atom. The van der Waals surface area contributed by atoms with Gasteiger partial charge in [0.1, 0.15) is 0 Å². The van der Waals surface area contributed by atoms with Crippen molar-refractivity contribution in [3.05, 3.63) is 0 Å². The highest BCUT2D eigenvalue weighted by atomic mass is 16.7. The Kier molecular flexibility index (Phi) is 5.80. The Labute approximate surface area is 118 Å². The van der Waals surface area contributed by atoms with Crippen LogP contribution in [0.3, 0.4) is 0 Å². The van der Waals surface area contributed by atoms with Gasteiger partial charge in [-0.25, -0.2) is 0 Å². The molecule has 0 aromatic heterocycles. The van der Waals surface area contributed by atoms with Gasteiger partial charge in [-0.1, -0.05) is 6.92 Å². The predicted molar refractivity (Wildman–Crippen MR) is 77.2 cm³/mol. The number of rotatable bonds is 7. The first-order chi connectivity index (χ1) is 8.77. The van der Waals surface area contributed by atoms with Gasteiger partial charge in [0.15, 0.2) is 6.29 Å². The van der Waals surface area contributed by atoms with Crippen LogP contribution in [0.2, 0.25) is 0 Å². The van der Waals surface area contributed by atoms with Crippen LogP contribution in [0.4, 0.5) is 0 Å². The summed E-state index contributed by atoms with van der Waals surface area (Å²) in [5.41, 5.74) is -0.267. The average molecular weight is 273 g/mol. The minimum atomic E-state index is -0.242. The Morgan fingerprint density at radius 2 is 1.79 bits per heavy atom. The molecule has 1 fully saturated rings. The van der Waals surface area contributed by atoms with E-state index in [4.69, 9.17) is 14.2 Å². The molecule has 0 bridgehead atoms. The van der Waals surface area contributed by atoms with E-state index in [9.17, 15) is 0 Å². The molecule has 0 spiro atoms. The van der Waals surface area contributed by atoms with Crippen LogP contribution in [-0.2, 0) is 14.2 Å². The summed E-state index contributed by atoms with van der Waals surface area (Å²) < 4.78 is 17.2. The number of nitrogens with one attached hydrogen (secondary N) is 1. The maximum Gasteiger partial charge on any atom is 0.172 e. The number of hydrogen-bond donors (Lipinski definition) is 1. The van der Waals surface area contributed by atoms with E-state index < -0.39 is 0 Å². The SMILES string of the molecule is CCCNC(C(OC)OC)C1CC(C)(C)OC1(C)C. The van der Waals surface area contributed by atoms with E-state index in [1.807, 2.05) is 0 Å². The van der Waals surface area contributed by atoms with Crippen LogP contribution in [0.25, 0.3) is 0 Å². The van der Waals surface area contributed by atoms with Crippen molar-refractivity contribution in [1.29, 1.82) is 0 Å². The molecule has 114 valence electrons. The van der Waals surface area contributed by atoms with Crippen molar-refractivity contribution < 1.29 is 14.2 Å².